The van der Waals surface area contributed by atoms with Crippen molar-refractivity contribution >= 4 is 38.7 Å². The maximum absolute atomic E-state index is 12.5. The van der Waals surface area contributed by atoms with Gasteiger partial charge in [-0.2, -0.15) is 0 Å². The van der Waals surface area contributed by atoms with Crippen LogP contribution in [0.3, 0.4) is 0 Å². The van der Waals surface area contributed by atoms with Crippen LogP contribution in [0.25, 0.3) is 10.9 Å². The molecule has 3 N–H and O–H groups in total. The number of amides is 1. The molecule has 1 heterocycles. The monoisotopic (exact) mass is 416 g/mol. The number of aromatic amines is 1. The number of nitrogens with one attached hydrogen (secondary N) is 2. The SMILES string of the molecule is C\C=C(Br)/C=C(C)\C(=C/C)NC(=O)Cc1c(C(=O)O)[nH]c2ccccc12. The predicted octanol–water partition coefficient (Wildman–Crippen LogP) is 4.67. The molecule has 0 fully saturated rings. The Hall–Kier alpha value is -2.60. The first kappa shape index (κ1) is 19.7. The molecule has 0 aliphatic carbocycles. The second-order valence-corrected chi connectivity index (χ2v) is 6.67. The summed E-state index contributed by atoms with van der Waals surface area (Å²) in [5, 5.41) is 13.0. The number of hydrogen-bond acceptors (Lipinski definition) is 2. The van der Waals surface area contributed by atoms with E-state index in [4.69, 9.17) is 0 Å². The number of carboxylic acid groups (broad SMARTS) is 1. The van der Waals surface area contributed by atoms with Gasteiger partial charge in [0, 0.05) is 26.6 Å². The molecule has 136 valence electrons. The van der Waals surface area contributed by atoms with Gasteiger partial charge in [0.1, 0.15) is 5.69 Å². The highest BCUT2D eigenvalue weighted by Gasteiger charge is 2.19. The number of para-hydroxylation sites is 1. The minimum atomic E-state index is -1.08. The lowest BCUT2D eigenvalue weighted by molar-refractivity contribution is -0.119. The third kappa shape index (κ3) is 4.52. The first-order valence-electron chi connectivity index (χ1n) is 8.16. The highest BCUT2D eigenvalue weighted by atomic mass is 79.9. The molecule has 0 aliphatic heterocycles. The topological polar surface area (TPSA) is 82.2 Å². The molecule has 6 heteroatoms. The fourth-order valence-corrected chi connectivity index (χ4v) is 3.03. The lowest BCUT2D eigenvalue weighted by Crippen LogP contribution is -2.25. The average molecular weight is 417 g/mol. The van der Waals surface area contributed by atoms with E-state index in [1.807, 2.05) is 57.2 Å². The van der Waals surface area contributed by atoms with E-state index >= 15 is 0 Å². The van der Waals surface area contributed by atoms with Crippen molar-refractivity contribution in [3.8, 4) is 0 Å². The van der Waals surface area contributed by atoms with Gasteiger partial charge in [-0.3, -0.25) is 4.79 Å². The van der Waals surface area contributed by atoms with Gasteiger partial charge in [-0.15, -0.1) is 0 Å². The molecule has 0 aliphatic rings. The number of hydrogen-bond donors (Lipinski definition) is 3. The Bertz CT molecular complexity index is 936. The molecule has 0 atom stereocenters. The molecule has 2 rings (SSSR count). The van der Waals surface area contributed by atoms with Crippen LogP contribution in [0.15, 0.2) is 58.2 Å². The van der Waals surface area contributed by atoms with E-state index in [1.54, 1.807) is 6.07 Å². The van der Waals surface area contributed by atoms with Crippen molar-refractivity contribution in [2.24, 2.45) is 0 Å². The zero-order valence-corrected chi connectivity index (χ0v) is 16.5. The molecule has 0 spiro atoms. The van der Waals surface area contributed by atoms with Crippen molar-refractivity contribution in [1.29, 1.82) is 0 Å². The summed E-state index contributed by atoms with van der Waals surface area (Å²) >= 11 is 3.42. The van der Waals surface area contributed by atoms with Gasteiger partial charge in [-0.25, -0.2) is 4.79 Å². The van der Waals surface area contributed by atoms with Gasteiger partial charge in [-0.05, 0) is 38.5 Å². The van der Waals surface area contributed by atoms with E-state index in [1.165, 1.54) is 0 Å². The second kappa shape index (κ2) is 8.67. The summed E-state index contributed by atoms with van der Waals surface area (Å²) in [4.78, 5) is 26.9. The first-order chi connectivity index (χ1) is 12.4. The maximum Gasteiger partial charge on any atom is 0.352 e. The normalized spacial score (nSPS) is 13.2. The smallest absolute Gasteiger partial charge is 0.352 e. The number of allylic oxidation sites excluding steroid dienone is 5. The predicted molar refractivity (Wildman–Crippen MR) is 107 cm³/mol. The number of rotatable bonds is 6. The molecule has 5 nitrogen and oxygen atoms in total. The van der Waals surface area contributed by atoms with Gasteiger partial charge in [0.05, 0.1) is 6.42 Å². The number of aromatic nitrogens is 1. The third-order valence-corrected chi connectivity index (χ3v) is 4.67. The van der Waals surface area contributed by atoms with Crippen molar-refractivity contribution < 1.29 is 14.7 Å². The third-order valence-electron chi connectivity index (χ3n) is 3.98. The summed E-state index contributed by atoms with van der Waals surface area (Å²) in [6, 6.07) is 7.25. The number of aromatic carboxylic acids is 1. The Balaban J connectivity index is 2.27. The Morgan fingerprint density at radius 2 is 1.92 bits per heavy atom. The molecule has 0 unspecified atom stereocenters. The highest BCUT2D eigenvalue weighted by Crippen LogP contribution is 2.23. The quantitative estimate of drug-likeness (QED) is 0.598. The fraction of sp³-hybridized carbons (Fsp3) is 0.200. The average Bonchev–Trinajstić information content (AvgIpc) is 2.98. The van der Waals surface area contributed by atoms with E-state index in [9.17, 15) is 14.7 Å². The Morgan fingerprint density at radius 3 is 2.54 bits per heavy atom. The summed E-state index contributed by atoms with van der Waals surface area (Å²) in [7, 11) is 0. The minimum Gasteiger partial charge on any atom is -0.477 e. The number of H-pyrrole nitrogens is 1. The number of halogens is 1. The van der Waals surface area contributed by atoms with Crippen LogP contribution in [-0.2, 0) is 11.2 Å². The van der Waals surface area contributed by atoms with Crippen LogP contribution < -0.4 is 5.32 Å². The Labute approximate surface area is 160 Å². The van der Waals surface area contributed by atoms with Crippen LogP contribution in [0.4, 0.5) is 0 Å². The summed E-state index contributed by atoms with van der Waals surface area (Å²) in [6.07, 6.45) is 5.60. The van der Waals surface area contributed by atoms with Gasteiger partial charge < -0.3 is 15.4 Å². The van der Waals surface area contributed by atoms with Crippen molar-refractivity contribution in [1.82, 2.24) is 10.3 Å². The van der Waals surface area contributed by atoms with Crippen molar-refractivity contribution in [2.75, 3.05) is 0 Å². The summed E-state index contributed by atoms with van der Waals surface area (Å²) in [6.45, 7) is 5.64. The lowest BCUT2D eigenvalue weighted by Gasteiger charge is -2.10. The molecule has 26 heavy (non-hydrogen) atoms. The molecule has 0 saturated carbocycles. The highest BCUT2D eigenvalue weighted by molar-refractivity contribution is 9.11. The van der Waals surface area contributed by atoms with E-state index in [0.29, 0.717) is 16.8 Å². The van der Waals surface area contributed by atoms with Crippen molar-refractivity contribution in [3.05, 3.63) is 69.5 Å². The molecule has 1 aromatic heterocycles. The molecule has 0 saturated heterocycles. The van der Waals surface area contributed by atoms with E-state index in [0.717, 1.165) is 15.4 Å². The van der Waals surface area contributed by atoms with Gasteiger partial charge in [0.2, 0.25) is 5.91 Å². The van der Waals surface area contributed by atoms with Crippen LogP contribution >= 0.6 is 15.9 Å². The number of carboxylic acids is 1. The van der Waals surface area contributed by atoms with Crippen LogP contribution in [0.1, 0.15) is 36.8 Å². The summed E-state index contributed by atoms with van der Waals surface area (Å²) in [5.74, 6) is -1.35. The van der Waals surface area contributed by atoms with Crippen LogP contribution in [0.5, 0.6) is 0 Å². The first-order valence-corrected chi connectivity index (χ1v) is 8.96. The molecular weight excluding hydrogens is 396 g/mol. The van der Waals surface area contributed by atoms with Gasteiger partial charge in [0.25, 0.3) is 0 Å². The molecule has 2 aromatic rings. The van der Waals surface area contributed by atoms with E-state index < -0.39 is 5.97 Å². The maximum atomic E-state index is 12.5. The molecule has 0 radical (unpaired) electrons. The van der Waals surface area contributed by atoms with Crippen LogP contribution in [0, 0.1) is 0 Å². The summed E-state index contributed by atoms with van der Waals surface area (Å²) in [5.41, 5.74) is 2.81. The molecular formula is C20H21BrN2O3. The minimum absolute atomic E-state index is 0.0267. The van der Waals surface area contributed by atoms with Gasteiger partial charge >= 0.3 is 5.97 Å². The largest absolute Gasteiger partial charge is 0.477 e. The standard InChI is InChI=1S/C20H21BrN2O3/c1-4-13(21)10-12(3)16(5-2)22-18(24)11-15-14-8-6-7-9-17(14)23-19(15)20(25)26/h4-10,23H,11H2,1-3H3,(H,22,24)(H,25,26)/b12-10-,13-4+,16-5+. The number of fused-ring (bicyclic) bond motifs is 1. The molecule has 1 aromatic carbocycles. The van der Waals surface area contributed by atoms with Gasteiger partial charge in [0.15, 0.2) is 0 Å². The number of carbonyl (C=O) groups excluding carboxylic acids is 1. The second-order valence-electron chi connectivity index (χ2n) is 5.76. The Morgan fingerprint density at radius 1 is 1.23 bits per heavy atom. The molecule has 0 bridgehead atoms. The number of benzene rings is 1. The van der Waals surface area contributed by atoms with Gasteiger partial charge in [-0.1, -0.05) is 46.3 Å². The molecule has 1 amide bonds. The fourth-order valence-electron chi connectivity index (χ4n) is 2.69. The van der Waals surface area contributed by atoms with E-state index in [2.05, 4.69) is 26.2 Å². The Kier molecular flexibility index (Phi) is 6.58. The van der Waals surface area contributed by atoms with Crippen LogP contribution in [-0.4, -0.2) is 22.0 Å². The van der Waals surface area contributed by atoms with Crippen molar-refractivity contribution in [3.63, 3.8) is 0 Å². The van der Waals surface area contributed by atoms with E-state index in [-0.39, 0.29) is 18.0 Å². The van der Waals surface area contributed by atoms with Crippen LogP contribution in [0.2, 0.25) is 0 Å². The lowest BCUT2D eigenvalue weighted by atomic mass is 10.1. The van der Waals surface area contributed by atoms with Crippen molar-refractivity contribution in [2.45, 2.75) is 27.2 Å². The summed E-state index contributed by atoms with van der Waals surface area (Å²) < 4.78 is 0.911. The zero-order valence-electron chi connectivity index (χ0n) is 14.9. The zero-order chi connectivity index (χ0) is 19.3. The number of carbonyl (C=O) groups is 2.